The fourth-order valence-corrected chi connectivity index (χ4v) is 3.50. The lowest BCUT2D eigenvalue weighted by molar-refractivity contribution is 0.0153. The standard InChI is InChI=1S/C16H32N2O/c1-4-18(14-7-5-6-8-14)12-16-10-9-15(19-16)11-17-13(2)3/h13-17H,4-12H2,1-3H3. The van der Waals surface area contributed by atoms with Crippen molar-refractivity contribution in [2.75, 3.05) is 19.6 Å². The Hall–Kier alpha value is -0.120. The van der Waals surface area contributed by atoms with Gasteiger partial charge in [-0.15, -0.1) is 0 Å². The van der Waals surface area contributed by atoms with Crippen LogP contribution in [0.25, 0.3) is 0 Å². The summed E-state index contributed by atoms with van der Waals surface area (Å²) < 4.78 is 6.20. The molecule has 3 heteroatoms. The minimum absolute atomic E-state index is 0.440. The van der Waals surface area contributed by atoms with E-state index in [-0.39, 0.29) is 0 Å². The summed E-state index contributed by atoms with van der Waals surface area (Å²) in [7, 11) is 0. The number of nitrogens with one attached hydrogen (secondary N) is 1. The SMILES string of the molecule is CCN(CC1CCC(CNC(C)C)O1)C1CCCC1. The number of hydrogen-bond donors (Lipinski definition) is 1. The molecule has 1 heterocycles. The molecule has 112 valence electrons. The van der Waals surface area contributed by atoms with Gasteiger partial charge in [-0.05, 0) is 32.2 Å². The first kappa shape index (κ1) is 15.3. The zero-order chi connectivity index (χ0) is 13.7. The monoisotopic (exact) mass is 268 g/mol. The van der Waals surface area contributed by atoms with Crippen molar-refractivity contribution >= 4 is 0 Å². The van der Waals surface area contributed by atoms with E-state index in [0.717, 1.165) is 19.1 Å². The Labute approximate surface area is 119 Å². The Morgan fingerprint density at radius 3 is 2.42 bits per heavy atom. The molecule has 0 aromatic carbocycles. The highest BCUT2D eigenvalue weighted by atomic mass is 16.5. The predicted octanol–water partition coefficient (Wildman–Crippen LogP) is 2.80. The first-order valence-electron chi connectivity index (χ1n) is 8.32. The lowest BCUT2D eigenvalue weighted by atomic mass is 10.1. The van der Waals surface area contributed by atoms with Gasteiger partial charge in [0.2, 0.25) is 0 Å². The first-order chi connectivity index (χ1) is 9.19. The highest BCUT2D eigenvalue weighted by molar-refractivity contribution is 4.82. The van der Waals surface area contributed by atoms with E-state index in [1.165, 1.54) is 45.1 Å². The van der Waals surface area contributed by atoms with Crippen molar-refractivity contribution < 1.29 is 4.74 Å². The molecule has 2 rings (SSSR count). The fourth-order valence-electron chi connectivity index (χ4n) is 3.50. The maximum absolute atomic E-state index is 6.20. The third kappa shape index (κ3) is 4.73. The normalized spacial score (nSPS) is 28.9. The van der Waals surface area contributed by atoms with Gasteiger partial charge < -0.3 is 10.1 Å². The molecule has 1 saturated heterocycles. The number of hydrogen-bond acceptors (Lipinski definition) is 3. The second-order valence-corrected chi connectivity index (χ2v) is 6.55. The molecule has 0 amide bonds. The topological polar surface area (TPSA) is 24.5 Å². The van der Waals surface area contributed by atoms with Crippen LogP contribution in [0.2, 0.25) is 0 Å². The highest BCUT2D eigenvalue weighted by Gasteiger charge is 2.29. The van der Waals surface area contributed by atoms with Crippen molar-refractivity contribution in [1.82, 2.24) is 10.2 Å². The van der Waals surface area contributed by atoms with Gasteiger partial charge in [0, 0.05) is 25.2 Å². The quantitative estimate of drug-likeness (QED) is 0.768. The van der Waals surface area contributed by atoms with E-state index in [1.54, 1.807) is 0 Å². The summed E-state index contributed by atoms with van der Waals surface area (Å²) in [4.78, 5) is 2.66. The molecule has 0 spiro atoms. The molecule has 0 aromatic heterocycles. The van der Waals surface area contributed by atoms with Gasteiger partial charge >= 0.3 is 0 Å². The van der Waals surface area contributed by atoms with E-state index in [9.17, 15) is 0 Å². The second-order valence-electron chi connectivity index (χ2n) is 6.55. The van der Waals surface area contributed by atoms with E-state index in [4.69, 9.17) is 4.74 Å². The van der Waals surface area contributed by atoms with Crippen LogP contribution in [0.5, 0.6) is 0 Å². The predicted molar refractivity (Wildman–Crippen MR) is 80.5 cm³/mol. The highest BCUT2D eigenvalue weighted by Crippen LogP contribution is 2.26. The largest absolute Gasteiger partial charge is 0.372 e. The van der Waals surface area contributed by atoms with Crippen LogP contribution in [0.1, 0.15) is 59.3 Å². The van der Waals surface area contributed by atoms with E-state index < -0.39 is 0 Å². The molecular weight excluding hydrogens is 236 g/mol. The van der Waals surface area contributed by atoms with Crippen molar-refractivity contribution in [3.8, 4) is 0 Å². The second kappa shape index (κ2) is 7.61. The molecule has 19 heavy (non-hydrogen) atoms. The molecule has 1 aliphatic heterocycles. The summed E-state index contributed by atoms with van der Waals surface area (Å²) in [5, 5.41) is 3.49. The van der Waals surface area contributed by atoms with Crippen LogP contribution in [-0.2, 0) is 4.74 Å². The van der Waals surface area contributed by atoms with Gasteiger partial charge in [0.05, 0.1) is 12.2 Å². The number of ether oxygens (including phenoxy) is 1. The van der Waals surface area contributed by atoms with Gasteiger partial charge in [-0.1, -0.05) is 33.6 Å². The molecule has 2 aliphatic rings. The Morgan fingerprint density at radius 1 is 1.11 bits per heavy atom. The minimum Gasteiger partial charge on any atom is -0.372 e. The van der Waals surface area contributed by atoms with Gasteiger partial charge in [0.1, 0.15) is 0 Å². The molecule has 2 atom stereocenters. The van der Waals surface area contributed by atoms with E-state index >= 15 is 0 Å². The Morgan fingerprint density at radius 2 is 1.79 bits per heavy atom. The Balaban J connectivity index is 1.70. The van der Waals surface area contributed by atoms with Crippen LogP contribution < -0.4 is 5.32 Å². The molecule has 0 aromatic rings. The molecule has 2 fully saturated rings. The van der Waals surface area contributed by atoms with Crippen molar-refractivity contribution in [1.29, 1.82) is 0 Å². The third-order valence-electron chi connectivity index (χ3n) is 4.63. The lowest BCUT2D eigenvalue weighted by Gasteiger charge is -2.30. The maximum atomic E-state index is 6.20. The molecular formula is C16H32N2O. The number of rotatable bonds is 7. The molecule has 1 aliphatic carbocycles. The average Bonchev–Trinajstić information content (AvgIpc) is 3.05. The first-order valence-corrected chi connectivity index (χ1v) is 8.32. The van der Waals surface area contributed by atoms with E-state index in [1.807, 2.05) is 0 Å². The van der Waals surface area contributed by atoms with Crippen LogP contribution >= 0.6 is 0 Å². The molecule has 1 N–H and O–H groups in total. The van der Waals surface area contributed by atoms with Crippen LogP contribution in [0.3, 0.4) is 0 Å². The van der Waals surface area contributed by atoms with Crippen LogP contribution in [-0.4, -0.2) is 48.8 Å². The van der Waals surface area contributed by atoms with E-state index in [2.05, 4.69) is 31.0 Å². The summed E-state index contributed by atoms with van der Waals surface area (Å²) in [6, 6.07) is 1.40. The van der Waals surface area contributed by atoms with Crippen LogP contribution in [0.15, 0.2) is 0 Å². The lowest BCUT2D eigenvalue weighted by Crippen LogP contribution is -2.39. The Bertz CT molecular complexity index is 251. The summed E-state index contributed by atoms with van der Waals surface area (Å²) in [6.07, 6.45) is 9.04. The zero-order valence-electron chi connectivity index (χ0n) is 13.0. The minimum atomic E-state index is 0.440. The summed E-state index contributed by atoms with van der Waals surface area (Å²) >= 11 is 0. The van der Waals surface area contributed by atoms with Gasteiger partial charge in [0.15, 0.2) is 0 Å². The van der Waals surface area contributed by atoms with Crippen LogP contribution in [0.4, 0.5) is 0 Å². The van der Waals surface area contributed by atoms with Gasteiger partial charge in [0.25, 0.3) is 0 Å². The van der Waals surface area contributed by atoms with Crippen molar-refractivity contribution in [2.45, 2.75) is 83.6 Å². The summed E-state index contributed by atoms with van der Waals surface area (Å²) in [5.74, 6) is 0. The number of likely N-dealkylation sites (N-methyl/N-ethyl adjacent to an activating group) is 1. The maximum Gasteiger partial charge on any atom is 0.0707 e. The summed E-state index contributed by atoms with van der Waals surface area (Å²) in [6.45, 7) is 10.0. The van der Waals surface area contributed by atoms with Gasteiger partial charge in [-0.3, -0.25) is 4.90 Å². The summed E-state index contributed by atoms with van der Waals surface area (Å²) in [5.41, 5.74) is 0. The molecule has 2 unspecified atom stereocenters. The smallest absolute Gasteiger partial charge is 0.0707 e. The molecule has 0 bridgehead atoms. The van der Waals surface area contributed by atoms with Crippen LogP contribution in [0, 0.1) is 0 Å². The molecule has 3 nitrogen and oxygen atoms in total. The third-order valence-corrected chi connectivity index (χ3v) is 4.63. The average molecular weight is 268 g/mol. The zero-order valence-corrected chi connectivity index (χ0v) is 13.0. The fraction of sp³-hybridized carbons (Fsp3) is 1.00. The van der Waals surface area contributed by atoms with Crippen molar-refractivity contribution in [3.05, 3.63) is 0 Å². The Kier molecular flexibility index (Phi) is 6.11. The van der Waals surface area contributed by atoms with Gasteiger partial charge in [-0.25, -0.2) is 0 Å². The molecule has 1 saturated carbocycles. The molecule has 0 radical (unpaired) electrons. The van der Waals surface area contributed by atoms with Crippen molar-refractivity contribution in [2.24, 2.45) is 0 Å². The van der Waals surface area contributed by atoms with Crippen molar-refractivity contribution in [3.63, 3.8) is 0 Å². The van der Waals surface area contributed by atoms with E-state index in [0.29, 0.717) is 18.2 Å². The van der Waals surface area contributed by atoms with Gasteiger partial charge in [-0.2, -0.15) is 0 Å². The number of nitrogens with zero attached hydrogens (tertiary/aromatic N) is 1.